The molecule has 0 spiro atoms. The quantitative estimate of drug-likeness (QED) is 0.586. The summed E-state index contributed by atoms with van der Waals surface area (Å²) >= 11 is 6.00. The molecule has 0 aliphatic heterocycles. The average Bonchev–Trinajstić information content (AvgIpc) is 2.74. The van der Waals surface area contributed by atoms with E-state index < -0.39 is 12.6 Å². The summed E-state index contributed by atoms with van der Waals surface area (Å²) in [6.07, 6.45) is 0.575. The van der Waals surface area contributed by atoms with Gasteiger partial charge >= 0.3 is 5.97 Å². The average molecular weight is 410 g/mol. The lowest BCUT2D eigenvalue weighted by Crippen LogP contribution is -2.32. The molecule has 6 heteroatoms. The zero-order chi connectivity index (χ0) is 20.6. The Morgan fingerprint density at radius 3 is 2.34 bits per heavy atom. The molecule has 0 heterocycles. The summed E-state index contributed by atoms with van der Waals surface area (Å²) in [5, 5.41) is 9.36. The molecular weight excluding hydrogens is 390 g/mol. The standard InChI is InChI=1S/C23H20ClNO4/c24-19-9-11-20(12-10-19)25(23(28)18-6-2-1-3-7-18)14-13-17-5-4-8-21(15-17)29-16-22(26)27/h1-12,15H,13-14,16H2,(H,26,27). The van der Waals surface area contributed by atoms with Gasteiger partial charge in [0.1, 0.15) is 5.75 Å². The largest absolute Gasteiger partial charge is 0.482 e. The van der Waals surface area contributed by atoms with Gasteiger partial charge in [-0.25, -0.2) is 4.79 Å². The maximum atomic E-state index is 13.1. The minimum absolute atomic E-state index is 0.105. The summed E-state index contributed by atoms with van der Waals surface area (Å²) in [4.78, 5) is 25.5. The number of benzene rings is 3. The van der Waals surface area contributed by atoms with Crippen molar-refractivity contribution in [2.75, 3.05) is 18.1 Å². The molecule has 3 aromatic carbocycles. The third kappa shape index (κ3) is 5.83. The number of aliphatic carboxylic acids is 1. The molecule has 0 saturated carbocycles. The van der Waals surface area contributed by atoms with Crippen molar-refractivity contribution in [2.45, 2.75) is 6.42 Å². The SMILES string of the molecule is O=C(O)COc1cccc(CCN(C(=O)c2ccccc2)c2ccc(Cl)cc2)c1. The number of halogens is 1. The molecule has 148 valence electrons. The van der Waals surface area contributed by atoms with Gasteiger partial charge in [0, 0.05) is 22.8 Å². The highest BCUT2D eigenvalue weighted by molar-refractivity contribution is 6.30. The third-order valence-corrected chi connectivity index (χ3v) is 4.54. The third-order valence-electron chi connectivity index (χ3n) is 4.29. The van der Waals surface area contributed by atoms with Crippen LogP contribution in [-0.2, 0) is 11.2 Å². The minimum atomic E-state index is -1.03. The number of rotatable bonds is 8. The highest BCUT2D eigenvalue weighted by atomic mass is 35.5. The lowest BCUT2D eigenvalue weighted by Gasteiger charge is -2.23. The Balaban J connectivity index is 1.78. The van der Waals surface area contributed by atoms with Gasteiger partial charge in [-0.3, -0.25) is 4.79 Å². The topological polar surface area (TPSA) is 66.8 Å². The monoisotopic (exact) mass is 409 g/mol. The van der Waals surface area contributed by atoms with Gasteiger partial charge < -0.3 is 14.7 Å². The first-order chi connectivity index (χ1) is 14.0. The van der Waals surface area contributed by atoms with Gasteiger partial charge in [-0.1, -0.05) is 41.9 Å². The van der Waals surface area contributed by atoms with E-state index in [1.807, 2.05) is 36.4 Å². The Bertz CT molecular complexity index is 974. The van der Waals surface area contributed by atoms with E-state index in [0.717, 1.165) is 11.3 Å². The number of hydrogen-bond donors (Lipinski definition) is 1. The molecule has 0 aliphatic rings. The summed E-state index contributed by atoms with van der Waals surface area (Å²) in [5.41, 5.74) is 2.29. The van der Waals surface area contributed by atoms with E-state index in [4.69, 9.17) is 21.4 Å². The molecule has 3 rings (SSSR count). The molecule has 1 N–H and O–H groups in total. The number of ether oxygens (including phenoxy) is 1. The van der Waals surface area contributed by atoms with Crippen LogP contribution in [0.4, 0.5) is 5.69 Å². The number of carboxylic acid groups (broad SMARTS) is 1. The van der Waals surface area contributed by atoms with Gasteiger partial charge in [-0.2, -0.15) is 0 Å². The van der Waals surface area contributed by atoms with Crippen LogP contribution in [0.25, 0.3) is 0 Å². The molecule has 3 aromatic rings. The summed E-state index contributed by atoms with van der Waals surface area (Å²) in [6.45, 7) is 0.0462. The number of carbonyl (C=O) groups excluding carboxylic acids is 1. The van der Waals surface area contributed by atoms with Crippen molar-refractivity contribution in [3.05, 3.63) is 95.0 Å². The Hall–Kier alpha value is -3.31. The molecule has 0 radical (unpaired) electrons. The molecular formula is C23H20ClNO4. The molecule has 0 atom stereocenters. The Morgan fingerprint density at radius 2 is 1.66 bits per heavy atom. The van der Waals surface area contributed by atoms with Gasteiger partial charge in [0.05, 0.1) is 0 Å². The number of hydrogen-bond acceptors (Lipinski definition) is 3. The lowest BCUT2D eigenvalue weighted by molar-refractivity contribution is -0.139. The summed E-state index contributed by atoms with van der Waals surface area (Å²) < 4.78 is 5.23. The Kier molecular flexibility index (Phi) is 6.87. The zero-order valence-electron chi connectivity index (χ0n) is 15.6. The maximum Gasteiger partial charge on any atom is 0.341 e. The predicted octanol–water partition coefficient (Wildman–Crippen LogP) is 4.69. The highest BCUT2D eigenvalue weighted by Crippen LogP contribution is 2.22. The van der Waals surface area contributed by atoms with Crippen molar-refractivity contribution < 1.29 is 19.4 Å². The number of nitrogens with zero attached hydrogens (tertiary/aromatic N) is 1. The van der Waals surface area contributed by atoms with Gasteiger partial charge in [0.2, 0.25) is 0 Å². The first-order valence-electron chi connectivity index (χ1n) is 9.09. The second-order valence-electron chi connectivity index (χ2n) is 6.38. The fourth-order valence-corrected chi connectivity index (χ4v) is 3.01. The molecule has 0 aliphatic carbocycles. The molecule has 29 heavy (non-hydrogen) atoms. The van der Waals surface area contributed by atoms with Crippen molar-refractivity contribution in [2.24, 2.45) is 0 Å². The van der Waals surface area contributed by atoms with E-state index in [0.29, 0.717) is 29.3 Å². The first kappa shape index (κ1) is 20.4. The van der Waals surface area contributed by atoms with Crippen LogP contribution in [0.15, 0.2) is 78.9 Å². The van der Waals surface area contributed by atoms with E-state index in [2.05, 4.69) is 0 Å². The normalized spacial score (nSPS) is 10.4. The molecule has 0 bridgehead atoms. The number of amides is 1. The van der Waals surface area contributed by atoms with E-state index in [-0.39, 0.29) is 5.91 Å². The first-order valence-corrected chi connectivity index (χ1v) is 9.47. The Morgan fingerprint density at radius 1 is 0.931 bits per heavy atom. The van der Waals surface area contributed by atoms with Crippen molar-refractivity contribution >= 4 is 29.2 Å². The van der Waals surface area contributed by atoms with Crippen molar-refractivity contribution in [1.29, 1.82) is 0 Å². The second-order valence-corrected chi connectivity index (χ2v) is 6.82. The predicted molar refractivity (Wildman–Crippen MR) is 113 cm³/mol. The fourth-order valence-electron chi connectivity index (χ4n) is 2.88. The van der Waals surface area contributed by atoms with E-state index >= 15 is 0 Å². The molecule has 1 amide bonds. The summed E-state index contributed by atoms with van der Waals surface area (Å²) in [7, 11) is 0. The molecule has 5 nitrogen and oxygen atoms in total. The van der Waals surface area contributed by atoms with Crippen LogP contribution in [-0.4, -0.2) is 30.1 Å². The van der Waals surface area contributed by atoms with Crippen LogP contribution in [0.3, 0.4) is 0 Å². The van der Waals surface area contributed by atoms with Crippen LogP contribution in [0.1, 0.15) is 15.9 Å². The smallest absolute Gasteiger partial charge is 0.341 e. The zero-order valence-corrected chi connectivity index (χ0v) is 16.4. The van der Waals surface area contributed by atoms with Crippen molar-refractivity contribution in [3.63, 3.8) is 0 Å². The fraction of sp³-hybridized carbons (Fsp3) is 0.130. The van der Waals surface area contributed by atoms with E-state index in [1.165, 1.54) is 0 Å². The summed E-state index contributed by atoms with van der Waals surface area (Å²) in [5.74, 6) is -0.652. The summed E-state index contributed by atoms with van der Waals surface area (Å²) in [6, 6.07) is 23.4. The molecule has 0 aromatic heterocycles. The second kappa shape index (κ2) is 9.75. The lowest BCUT2D eigenvalue weighted by atomic mass is 10.1. The van der Waals surface area contributed by atoms with Crippen LogP contribution >= 0.6 is 11.6 Å². The number of carbonyl (C=O) groups is 2. The molecule has 0 unspecified atom stereocenters. The van der Waals surface area contributed by atoms with E-state index in [1.54, 1.807) is 47.4 Å². The van der Waals surface area contributed by atoms with Crippen molar-refractivity contribution in [3.8, 4) is 5.75 Å². The number of anilines is 1. The van der Waals surface area contributed by atoms with Gasteiger partial charge in [0.15, 0.2) is 6.61 Å². The highest BCUT2D eigenvalue weighted by Gasteiger charge is 2.17. The van der Waals surface area contributed by atoms with Crippen LogP contribution in [0, 0.1) is 0 Å². The van der Waals surface area contributed by atoms with Crippen molar-refractivity contribution in [1.82, 2.24) is 0 Å². The number of carboxylic acids is 1. The van der Waals surface area contributed by atoms with Crippen LogP contribution in [0.2, 0.25) is 5.02 Å². The van der Waals surface area contributed by atoms with E-state index in [9.17, 15) is 9.59 Å². The van der Waals surface area contributed by atoms with Gasteiger partial charge in [-0.05, 0) is 60.5 Å². The minimum Gasteiger partial charge on any atom is -0.482 e. The van der Waals surface area contributed by atoms with Crippen LogP contribution in [0.5, 0.6) is 5.75 Å². The molecule has 0 fully saturated rings. The Labute approximate surface area is 174 Å². The van der Waals surface area contributed by atoms with Crippen LogP contribution < -0.4 is 9.64 Å². The van der Waals surface area contributed by atoms with Gasteiger partial charge in [0.25, 0.3) is 5.91 Å². The molecule has 0 saturated heterocycles. The van der Waals surface area contributed by atoms with Gasteiger partial charge in [-0.15, -0.1) is 0 Å². The maximum absolute atomic E-state index is 13.1.